The Hall–Kier alpha value is -2.08. The predicted octanol–water partition coefficient (Wildman–Crippen LogP) is 2.10. The van der Waals surface area contributed by atoms with Crippen LogP contribution in [-0.2, 0) is 14.3 Å². The van der Waals surface area contributed by atoms with E-state index in [1.807, 2.05) is 6.07 Å². The molecular formula is C18H24N2O4. The number of benzene rings is 1. The van der Waals surface area contributed by atoms with E-state index in [1.54, 1.807) is 18.2 Å². The van der Waals surface area contributed by atoms with Gasteiger partial charge in [-0.3, -0.25) is 4.79 Å². The van der Waals surface area contributed by atoms with Crippen LogP contribution >= 0.6 is 0 Å². The number of carbonyl (C=O) groups excluding carboxylic acids is 2. The molecule has 1 aromatic carbocycles. The average molecular weight is 332 g/mol. The van der Waals surface area contributed by atoms with Gasteiger partial charge in [-0.25, -0.2) is 4.79 Å². The van der Waals surface area contributed by atoms with Crippen molar-refractivity contribution < 1.29 is 19.1 Å². The number of anilines is 1. The first-order chi connectivity index (χ1) is 11.6. The van der Waals surface area contributed by atoms with E-state index < -0.39 is 5.97 Å². The van der Waals surface area contributed by atoms with Gasteiger partial charge in [-0.15, -0.1) is 0 Å². The molecular weight excluding hydrogens is 308 g/mol. The lowest BCUT2D eigenvalue weighted by molar-refractivity contribution is -0.142. The fraction of sp³-hybridized carbons (Fsp3) is 0.556. The highest BCUT2D eigenvalue weighted by molar-refractivity contribution is 5.91. The second-order valence-electron chi connectivity index (χ2n) is 6.62. The Morgan fingerprint density at radius 2 is 2.00 bits per heavy atom. The molecule has 2 aliphatic heterocycles. The smallest absolute Gasteiger partial charge is 0.343 e. The maximum absolute atomic E-state index is 12.3. The summed E-state index contributed by atoms with van der Waals surface area (Å²) in [6.45, 7) is -0.147. The summed E-state index contributed by atoms with van der Waals surface area (Å²) in [6, 6.07) is 8.24. The summed E-state index contributed by atoms with van der Waals surface area (Å²) in [5.74, 6) is 0.581. The monoisotopic (exact) mass is 332 g/mol. The number of rotatable bonds is 6. The molecule has 1 amide bonds. The van der Waals surface area contributed by atoms with Crippen molar-refractivity contribution in [1.82, 2.24) is 5.32 Å². The van der Waals surface area contributed by atoms with Crippen molar-refractivity contribution in [2.45, 2.75) is 44.2 Å². The minimum absolute atomic E-state index is 0.0337. The first kappa shape index (κ1) is 16.8. The van der Waals surface area contributed by atoms with Crippen molar-refractivity contribution in [2.24, 2.45) is 5.92 Å². The highest BCUT2D eigenvalue weighted by Gasteiger charge is 2.34. The number of hydrogen-bond acceptors (Lipinski definition) is 5. The number of esters is 1. The molecule has 2 bridgehead atoms. The second kappa shape index (κ2) is 7.66. The molecule has 6 heteroatoms. The third-order valence-corrected chi connectivity index (χ3v) is 4.75. The summed E-state index contributed by atoms with van der Waals surface area (Å²) < 4.78 is 9.87. The molecule has 0 spiro atoms. The van der Waals surface area contributed by atoms with Crippen LogP contribution in [0.1, 0.15) is 32.1 Å². The van der Waals surface area contributed by atoms with Gasteiger partial charge in [0.05, 0.1) is 7.11 Å². The fourth-order valence-corrected chi connectivity index (χ4v) is 3.68. The molecule has 130 valence electrons. The molecule has 2 fully saturated rings. The Kier molecular flexibility index (Phi) is 5.35. The summed E-state index contributed by atoms with van der Waals surface area (Å²) in [5, 5.41) is 6.52. The predicted molar refractivity (Wildman–Crippen MR) is 89.9 cm³/mol. The van der Waals surface area contributed by atoms with E-state index in [4.69, 9.17) is 4.74 Å². The summed E-state index contributed by atoms with van der Waals surface area (Å²) >= 11 is 0. The van der Waals surface area contributed by atoms with Crippen molar-refractivity contribution in [3.8, 4) is 5.75 Å². The molecule has 0 saturated carbocycles. The van der Waals surface area contributed by atoms with Crippen LogP contribution < -0.4 is 15.4 Å². The number of carbonyl (C=O) groups is 2. The fourth-order valence-electron chi connectivity index (χ4n) is 3.68. The lowest BCUT2D eigenvalue weighted by Gasteiger charge is -2.28. The zero-order chi connectivity index (χ0) is 16.9. The van der Waals surface area contributed by atoms with Gasteiger partial charge in [0.1, 0.15) is 5.75 Å². The van der Waals surface area contributed by atoms with Crippen LogP contribution in [0.2, 0.25) is 0 Å². The molecule has 6 nitrogen and oxygen atoms in total. The maximum Gasteiger partial charge on any atom is 0.343 e. The Morgan fingerprint density at radius 3 is 2.71 bits per heavy atom. The Balaban J connectivity index is 1.50. The summed E-state index contributed by atoms with van der Waals surface area (Å²) in [6.07, 6.45) is 5.21. The molecule has 2 aliphatic rings. The number of hydrogen-bond donors (Lipinski definition) is 2. The SMILES string of the molecule is COC(=O)COc1cccc(NC(=O)CC2CC3CCC(C2)N3)c1. The third kappa shape index (κ3) is 4.47. The van der Waals surface area contributed by atoms with Gasteiger partial charge in [-0.05, 0) is 43.7 Å². The third-order valence-electron chi connectivity index (χ3n) is 4.75. The minimum atomic E-state index is -0.440. The van der Waals surface area contributed by atoms with Gasteiger partial charge >= 0.3 is 5.97 Å². The number of nitrogens with one attached hydrogen (secondary N) is 2. The first-order valence-electron chi connectivity index (χ1n) is 8.48. The van der Waals surface area contributed by atoms with Gasteiger partial charge < -0.3 is 20.1 Å². The van der Waals surface area contributed by atoms with Gasteiger partial charge in [-0.2, -0.15) is 0 Å². The standard InChI is InChI=1S/C18H24N2O4/c1-23-18(22)11-24-16-4-2-3-13(10-16)20-17(21)9-12-7-14-5-6-15(8-12)19-14/h2-4,10,12,14-15,19H,5-9,11H2,1H3,(H,20,21). The van der Waals surface area contributed by atoms with Crippen LogP contribution in [0.3, 0.4) is 0 Å². The van der Waals surface area contributed by atoms with Crippen molar-refractivity contribution in [3.05, 3.63) is 24.3 Å². The van der Waals surface area contributed by atoms with Gasteiger partial charge in [0, 0.05) is 30.3 Å². The van der Waals surface area contributed by atoms with Crippen LogP contribution in [0.4, 0.5) is 5.69 Å². The molecule has 0 aliphatic carbocycles. The summed E-state index contributed by atoms with van der Waals surface area (Å²) in [4.78, 5) is 23.4. The summed E-state index contributed by atoms with van der Waals surface area (Å²) in [7, 11) is 1.31. The van der Waals surface area contributed by atoms with Crippen LogP contribution in [0.5, 0.6) is 5.75 Å². The average Bonchev–Trinajstić information content (AvgIpc) is 2.91. The molecule has 2 unspecified atom stereocenters. The number of amides is 1. The van der Waals surface area contributed by atoms with E-state index >= 15 is 0 Å². The van der Waals surface area contributed by atoms with Crippen molar-refractivity contribution in [3.63, 3.8) is 0 Å². The zero-order valence-corrected chi connectivity index (χ0v) is 13.9. The topological polar surface area (TPSA) is 76.7 Å². The number of methoxy groups -OCH3 is 1. The van der Waals surface area contributed by atoms with Crippen LogP contribution in [-0.4, -0.2) is 37.7 Å². The van der Waals surface area contributed by atoms with E-state index in [2.05, 4.69) is 15.4 Å². The van der Waals surface area contributed by atoms with E-state index in [-0.39, 0.29) is 12.5 Å². The molecule has 0 radical (unpaired) electrons. The molecule has 2 N–H and O–H groups in total. The molecule has 0 aromatic heterocycles. The van der Waals surface area contributed by atoms with E-state index in [0.29, 0.717) is 35.9 Å². The normalized spacial score (nSPS) is 25.1. The van der Waals surface area contributed by atoms with E-state index in [0.717, 1.165) is 12.8 Å². The second-order valence-corrected chi connectivity index (χ2v) is 6.62. The molecule has 2 heterocycles. The molecule has 3 rings (SSSR count). The first-order valence-corrected chi connectivity index (χ1v) is 8.48. The lowest BCUT2D eigenvalue weighted by atomic mass is 9.89. The molecule has 2 saturated heterocycles. The zero-order valence-electron chi connectivity index (χ0n) is 13.9. The van der Waals surface area contributed by atoms with Crippen LogP contribution in [0, 0.1) is 5.92 Å². The van der Waals surface area contributed by atoms with Crippen molar-refractivity contribution >= 4 is 17.6 Å². The minimum Gasteiger partial charge on any atom is -0.482 e. The number of piperidine rings is 1. The van der Waals surface area contributed by atoms with Gasteiger partial charge in [-0.1, -0.05) is 6.07 Å². The maximum atomic E-state index is 12.3. The van der Waals surface area contributed by atoms with Crippen LogP contribution in [0.15, 0.2) is 24.3 Å². The molecule has 1 aromatic rings. The Labute approximate surface area is 141 Å². The Bertz CT molecular complexity index is 592. The summed E-state index contributed by atoms with van der Waals surface area (Å²) in [5.41, 5.74) is 0.680. The van der Waals surface area contributed by atoms with Crippen molar-refractivity contribution in [2.75, 3.05) is 19.0 Å². The molecule has 24 heavy (non-hydrogen) atoms. The van der Waals surface area contributed by atoms with E-state index in [1.165, 1.54) is 20.0 Å². The Morgan fingerprint density at radius 1 is 1.25 bits per heavy atom. The molecule has 2 atom stereocenters. The van der Waals surface area contributed by atoms with E-state index in [9.17, 15) is 9.59 Å². The largest absolute Gasteiger partial charge is 0.482 e. The number of ether oxygens (including phenoxy) is 2. The van der Waals surface area contributed by atoms with Crippen molar-refractivity contribution in [1.29, 1.82) is 0 Å². The quantitative estimate of drug-likeness (QED) is 0.780. The van der Waals surface area contributed by atoms with Gasteiger partial charge in [0.15, 0.2) is 6.61 Å². The van der Waals surface area contributed by atoms with Gasteiger partial charge in [0.2, 0.25) is 5.91 Å². The highest BCUT2D eigenvalue weighted by atomic mass is 16.6. The number of fused-ring (bicyclic) bond motifs is 2. The van der Waals surface area contributed by atoms with Gasteiger partial charge in [0.25, 0.3) is 0 Å². The highest BCUT2D eigenvalue weighted by Crippen LogP contribution is 2.32. The van der Waals surface area contributed by atoms with Crippen LogP contribution in [0.25, 0.3) is 0 Å². The lowest BCUT2D eigenvalue weighted by Crippen LogP contribution is -2.39.